The normalized spacial score (nSPS) is 9.69. The van der Waals surface area contributed by atoms with Gasteiger partial charge in [0.25, 0.3) is 0 Å². The van der Waals surface area contributed by atoms with Crippen molar-refractivity contribution in [2.45, 2.75) is 0 Å². The molecular weight excluding hydrogens is 197 g/mol. The van der Waals surface area contributed by atoms with Gasteiger partial charge < -0.3 is 10.4 Å². The maximum atomic E-state index is 13.0. The van der Waals surface area contributed by atoms with Gasteiger partial charge in [-0.3, -0.25) is 4.79 Å². The van der Waals surface area contributed by atoms with E-state index in [1.807, 2.05) is 0 Å². The lowest BCUT2D eigenvalue weighted by atomic mass is 10.3. The topological polar surface area (TPSA) is 49.3 Å². The average Bonchev–Trinajstić information content (AvgIpc) is 2.02. The van der Waals surface area contributed by atoms with Crippen molar-refractivity contribution in [3.05, 3.63) is 29.0 Å². The van der Waals surface area contributed by atoms with Crippen molar-refractivity contribution in [2.24, 2.45) is 0 Å². The standard InChI is InChI=1S/C8H7ClFNO2/c9-5-1-2-7(6(10)3-5)11-4-8(12)13/h1-3,11H,4H2,(H,12,13). The van der Waals surface area contributed by atoms with Crippen molar-refractivity contribution in [2.75, 3.05) is 11.9 Å². The number of anilines is 1. The summed E-state index contributed by atoms with van der Waals surface area (Å²) in [4.78, 5) is 10.1. The molecule has 0 bridgehead atoms. The van der Waals surface area contributed by atoms with Crippen LogP contribution in [-0.4, -0.2) is 17.6 Å². The van der Waals surface area contributed by atoms with Crippen molar-refractivity contribution in [1.82, 2.24) is 0 Å². The number of benzene rings is 1. The third-order valence-corrected chi connectivity index (χ3v) is 1.60. The van der Waals surface area contributed by atoms with E-state index in [9.17, 15) is 9.18 Å². The SMILES string of the molecule is O=C(O)CNc1ccc(Cl)cc1F. The van der Waals surface area contributed by atoms with Crippen molar-refractivity contribution in [1.29, 1.82) is 0 Å². The molecule has 0 saturated carbocycles. The van der Waals surface area contributed by atoms with E-state index in [0.29, 0.717) is 0 Å². The van der Waals surface area contributed by atoms with Gasteiger partial charge in [-0.25, -0.2) is 4.39 Å². The van der Waals surface area contributed by atoms with Crippen molar-refractivity contribution < 1.29 is 14.3 Å². The highest BCUT2D eigenvalue weighted by atomic mass is 35.5. The Morgan fingerprint density at radius 2 is 2.31 bits per heavy atom. The maximum Gasteiger partial charge on any atom is 0.322 e. The first-order valence-corrected chi connectivity index (χ1v) is 3.88. The van der Waals surface area contributed by atoms with Crippen LogP contribution in [0.1, 0.15) is 0 Å². The fourth-order valence-electron chi connectivity index (χ4n) is 0.804. The van der Waals surface area contributed by atoms with Gasteiger partial charge in [0.2, 0.25) is 0 Å². The van der Waals surface area contributed by atoms with Gasteiger partial charge in [0.15, 0.2) is 0 Å². The number of carboxylic acid groups (broad SMARTS) is 1. The minimum atomic E-state index is -1.05. The molecule has 1 aromatic carbocycles. The van der Waals surface area contributed by atoms with Crippen LogP contribution in [0.25, 0.3) is 0 Å². The van der Waals surface area contributed by atoms with E-state index in [1.165, 1.54) is 12.1 Å². The van der Waals surface area contributed by atoms with Crippen LogP contribution in [0.5, 0.6) is 0 Å². The van der Waals surface area contributed by atoms with E-state index < -0.39 is 11.8 Å². The summed E-state index contributed by atoms with van der Waals surface area (Å²) in [6.07, 6.45) is 0. The molecule has 1 rings (SSSR count). The molecule has 0 atom stereocenters. The van der Waals surface area contributed by atoms with Crippen LogP contribution < -0.4 is 5.32 Å². The van der Waals surface area contributed by atoms with E-state index in [1.54, 1.807) is 0 Å². The van der Waals surface area contributed by atoms with Crippen molar-refractivity contribution in [3.8, 4) is 0 Å². The van der Waals surface area contributed by atoms with Crippen LogP contribution in [0.4, 0.5) is 10.1 Å². The number of halogens is 2. The lowest BCUT2D eigenvalue weighted by Gasteiger charge is -2.04. The fourth-order valence-corrected chi connectivity index (χ4v) is 0.962. The highest BCUT2D eigenvalue weighted by Gasteiger charge is 2.03. The highest BCUT2D eigenvalue weighted by Crippen LogP contribution is 2.18. The second kappa shape index (κ2) is 4.09. The second-order valence-electron chi connectivity index (χ2n) is 2.37. The van der Waals surface area contributed by atoms with Crippen LogP contribution >= 0.6 is 11.6 Å². The second-order valence-corrected chi connectivity index (χ2v) is 2.81. The Kier molecular flexibility index (Phi) is 3.08. The fraction of sp³-hybridized carbons (Fsp3) is 0.125. The quantitative estimate of drug-likeness (QED) is 0.790. The van der Waals surface area contributed by atoms with E-state index in [-0.39, 0.29) is 17.3 Å². The molecule has 0 amide bonds. The zero-order valence-corrected chi connectivity index (χ0v) is 7.31. The van der Waals surface area contributed by atoms with E-state index >= 15 is 0 Å². The van der Waals surface area contributed by atoms with Crippen molar-refractivity contribution in [3.63, 3.8) is 0 Å². The van der Waals surface area contributed by atoms with Crippen molar-refractivity contribution >= 4 is 23.3 Å². The highest BCUT2D eigenvalue weighted by molar-refractivity contribution is 6.30. The number of hydrogen-bond donors (Lipinski definition) is 2. The predicted octanol–water partition coefficient (Wildman–Crippen LogP) is 1.98. The summed E-state index contributed by atoms with van der Waals surface area (Å²) in [5.41, 5.74) is 0.131. The van der Waals surface area contributed by atoms with E-state index in [2.05, 4.69) is 5.32 Å². The maximum absolute atomic E-state index is 13.0. The molecule has 0 spiro atoms. The number of nitrogens with one attached hydrogen (secondary N) is 1. The number of carboxylic acids is 1. The first-order chi connectivity index (χ1) is 6.09. The Morgan fingerprint density at radius 1 is 1.62 bits per heavy atom. The summed E-state index contributed by atoms with van der Waals surface area (Å²) in [7, 11) is 0. The van der Waals surface area contributed by atoms with Crippen LogP contribution in [0, 0.1) is 5.82 Å². The average molecular weight is 204 g/mol. The lowest BCUT2D eigenvalue weighted by Crippen LogP contribution is -2.13. The molecular formula is C8H7ClFNO2. The molecule has 0 saturated heterocycles. The van der Waals surface area contributed by atoms with Gasteiger partial charge in [0, 0.05) is 5.02 Å². The molecule has 0 aliphatic heterocycles. The molecule has 13 heavy (non-hydrogen) atoms. The molecule has 5 heteroatoms. The van der Waals surface area contributed by atoms with E-state index in [4.69, 9.17) is 16.7 Å². The molecule has 2 N–H and O–H groups in total. The molecule has 1 aromatic rings. The Labute approximate surface area is 79.1 Å². The van der Waals surface area contributed by atoms with Gasteiger partial charge in [0.05, 0.1) is 5.69 Å². The minimum Gasteiger partial charge on any atom is -0.480 e. The molecule has 0 heterocycles. The Bertz CT molecular complexity index is 330. The summed E-state index contributed by atoms with van der Waals surface area (Å²) >= 11 is 5.50. The molecule has 0 aliphatic carbocycles. The molecule has 0 radical (unpaired) electrons. The molecule has 0 fully saturated rings. The van der Waals surface area contributed by atoms with Crippen LogP contribution in [-0.2, 0) is 4.79 Å². The monoisotopic (exact) mass is 203 g/mol. The number of rotatable bonds is 3. The molecule has 3 nitrogen and oxygen atoms in total. The Hall–Kier alpha value is -1.29. The number of carbonyl (C=O) groups is 1. The molecule has 0 unspecified atom stereocenters. The molecule has 0 aliphatic rings. The summed E-state index contributed by atoms with van der Waals surface area (Å²) in [5, 5.41) is 11.0. The van der Waals surface area contributed by atoms with Gasteiger partial charge in [-0.05, 0) is 18.2 Å². The van der Waals surface area contributed by atoms with Gasteiger partial charge in [-0.1, -0.05) is 11.6 Å². The lowest BCUT2D eigenvalue weighted by molar-refractivity contribution is -0.134. The summed E-state index contributed by atoms with van der Waals surface area (Å²) in [5.74, 6) is -1.61. The van der Waals surface area contributed by atoms with Crippen LogP contribution in [0.2, 0.25) is 5.02 Å². The first kappa shape index (κ1) is 9.80. The largest absolute Gasteiger partial charge is 0.480 e. The predicted molar refractivity (Wildman–Crippen MR) is 47.5 cm³/mol. The zero-order valence-electron chi connectivity index (χ0n) is 6.55. The Morgan fingerprint density at radius 3 is 2.85 bits per heavy atom. The number of hydrogen-bond acceptors (Lipinski definition) is 2. The minimum absolute atomic E-state index is 0.131. The van der Waals surface area contributed by atoms with Crippen LogP contribution in [0.15, 0.2) is 18.2 Å². The third-order valence-electron chi connectivity index (χ3n) is 1.36. The molecule has 70 valence electrons. The smallest absolute Gasteiger partial charge is 0.322 e. The zero-order chi connectivity index (χ0) is 9.84. The van der Waals surface area contributed by atoms with E-state index in [0.717, 1.165) is 6.07 Å². The van der Waals surface area contributed by atoms with Crippen LogP contribution in [0.3, 0.4) is 0 Å². The summed E-state index contributed by atoms with van der Waals surface area (Å²) in [6.45, 7) is -0.321. The Balaban J connectivity index is 2.72. The van der Waals surface area contributed by atoms with Gasteiger partial charge in [-0.15, -0.1) is 0 Å². The van der Waals surface area contributed by atoms with Gasteiger partial charge >= 0.3 is 5.97 Å². The van der Waals surface area contributed by atoms with Gasteiger partial charge in [-0.2, -0.15) is 0 Å². The summed E-state index contributed by atoms with van der Waals surface area (Å²) < 4.78 is 13.0. The van der Waals surface area contributed by atoms with Gasteiger partial charge in [0.1, 0.15) is 12.4 Å². The first-order valence-electron chi connectivity index (χ1n) is 3.50. The number of aliphatic carboxylic acids is 1. The summed E-state index contributed by atoms with van der Waals surface area (Å²) in [6, 6.07) is 3.99. The molecule has 0 aromatic heterocycles. The third kappa shape index (κ3) is 2.91.